The molecule has 2 rings (SSSR count). The highest BCUT2D eigenvalue weighted by Gasteiger charge is 2.10. The van der Waals surface area contributed by atoms with Crippen molar-refractivity contribution in [2.75, 3.05) is 5.32 Å². The van der Waals surface area contributed by atoms with Crippen LogP contribution in [0, 0.1) is 10.5 Å². The van der Waals surface area contributed by atoms with Gasteiger partial charge in [-0.1, -0.05) is 0 Å². The van der Waals surface area contributed by atoms with Crippen molar-refractivity contribution in [3.8, 4) is 0 Å². The fourth-order valence-electron chi connectivity index (χ4n) is 1.66. The van der Waals surface area contributed by atoms with Crippen LogP contribution < -0.4 is 10.9 Å². The van der Waals surface area contributed by atoms with Gasteiger partial charge in [0.1, 0.15) is 9.39 Å². The van der Waals surface area contributed by atoms with Gasteiger partial charge < -0.3 is 10.3 Å². The van der Waals surface area contributed by atoms with Gasteiger partial charge in [-0.05, 0) is 48.6 Å². The van der Waals surface area contributed by atoms with Gasteiger partial charge in [-0.2, -0.15) is 0 Å². The van der Waals surface area contributed by atoms with E-state index >= 15 is 0 Å². The summed E-state index contributed by atoms with van der Waals surface area (Å²) >= 11 is 3.81. The van der Waals surface area contributed by atoms with Gasteiger partial charge in [0.05, 0.1) is 6.33 Å². The van der Waals surface area contributed by atoms with Gasteiger partial charge in [-0.3, -0.25) is 4.79 Å². The number of aromatic nitrogens is 2. The number of anilines is 1. The quantitative estimate of drug-likeness (QED) is 0.809. The van der Waals surface area contributed by atoms with Crippen molar-refractivity contribution in [2.24, 2.45) is 0 Å². The number of H-pyrrole nitrogens is 1. The molecule has 6 heteroatoms. The van der Waals surface area contributed by atoms with Crippen LogP contribution in [0.5, 0.6) is 0 Å². The summed E-state index contributed by atoms with van der Waals surface area (Å²) in [6.07, 6.45) is 2.36. The third-order valence-corrected chi connectivity index (χ3v) is 4.51. The summed E-state index contributed by atoms with van der Waals surface area (Å²) in [4.78, 5) is 20.8. The minimum Gasteiger partial charge on any atom is -0.366 e. The Balaban J connectivity index is 2.05. The third kappa shape index (κ3) is 3.32. The molecule has 0 saturated heterocycles. The molecule has 0 saturated carbocycles. The smallest absolute Gasteiger partial charge is 0.266 e. The molecule has 0 aromatic carbocycles. The summed E-state index contributed by atoms with van der Waals surface area (Å²) < 4.78 is 0.601. The van der Waals surface area contributed by atoms with Crippen LogP contribution in [0.25, 0.3) is 0 Å². The second-order valence-electron chi connectivity index (χ2n) is 4.16. The van der Waals surface area contributed by atoms with Crippen molar-refractivity contribution in [1.29, 1.82) is 0 Å². The number of aryl methyl sites for hydroxylation is 1. The van der Waals surface area contributed by atoms with Crippen LogP contribution in [0.2, 0.25) is 0 Å². The number of hydrogen-bond donors (Lipinski definition) is 2. The minimum absolute atomic E-state index is 0.104. The predicted molar refractivity (Wildman–Crippen MR) is 83.4 cm³/mol. The SMILES string of the molecule is Cc1ccc(CC(C)Nc2nc[nH]c(=O)c2I)s1. The Hall–Kier alpha value is -0.890. The number of rotatable bonds is 4. The van der Waals surface area contributed by atoms with Crippen LogP contribution in [-0.2, 0) is 6.42 Å². The molecule has 2 aromatic rings. The maximum absolute atomic E-state index is 11.4. The van der Waals surface area contributed by atoms with Gasteiger partial charge in [0, 0.05) is 22.2 Å². The van der Waals surface area contributed by atoms with E-state index in [1.54, 1.807) is 11.3 Å². The van der Waals surface area contributed by atoms with Crippen molar-refractivity contribution >= 4 is 39.7 Å². The molecule has 0 fully saturated rings. The molecule has 0 aliphatic carbocycles. The second-order valence-corrected chi connectivity index (χ2v) is 6.61. The Labute approximate surface area is 123 Å². The zero-order valence-corrected chi connectivity index (χ0v) is 13.1. The van der Waals surface area contributed by atoms with E-state index in [0.29, 0.717) is 9.39 Å². The number of nitrogens with one attached hydrogen (secondary N) is 2. The summed E-state index contributed by atoms with van der Waals surface area (Å²) in [5.74, 6) is 0.653. The number of aromatic amines is 1. The highest BCUT2D eigenvalue weighted by atomic mass is 127. The van der Waals surface area contributed by atoms with Crippen LogP contribution in [0.1, 0.15) is 16.7 Å². The van der Waals surface area contributed by atoms with Gasteiger partial charge in [-0.25, -0.2) is 4.98 Å². The Morgan fingerprint density at radius 2 is 2.33 bits per heavy atom. The number of halogens is 1. The molecule has 0 aliphatic heterocycles. The van der Waals surface area contributed by atoms with E-state index in [-0.39, 0.29) is 11.6 Å². The largest absolute Gasteiger partial charge is 0.366 e. The van der Waals surface area contributed by atoms with E-state index < -0.39 is 0 Å². The number of nitrogens with zero attached hydrogens (tertiary/aromatic N) is 1. The van der Waals surface area contributed by atoms with Crippen LogP contribution >= 0.6 is 33.9 Å². The van der Waals surface area contributed by atoms with E-state index in [4.69, 9.17) is 0 Å². The lowest BCUT2D eigenvalue weighted by Crippen LogP contribution is -2.22. The van der Waals surface area contributed by atoms with E-state index in [9.17, 15) is 4.79 Å². The maximum atomic E-state index is 11.4. The molecule has 0 bridgehead atoms. The first-order valence-electron chi connectivity index (χ1n) is 5.61. The summed E-state index contributed by atoms with van der Waals surface area (Å²) in [6.45, 7) is 4.20. The molecule has 96 valence electrons. The first kappa shape index (κ1) is 13.5. The highest BCUT2D eigenvalue weighted by Crippen LogP contribution is 2.18. The Bertz CT molecular complexity index is 593. The van der Waals surface area contributed by atoms with E-state index in [1.807, 2.05) is 22.6 Å². The van der Waals surface area contributed by atoms with Crippen LogP contribution in [0.15, 0.2) is 23.3 Å². The summed E-state index contributed by atoms with van der Waals surface area (Å²) in [5, 5.41) is 3.28. The molecule has 0 amide bonds. The standard InChI is InChI=1S/C12H14IN3OS/c1-7(5-9-4-3-8(2)18-9)16-11-10(13)12(17)15-6-14-11/h3-4,6-7H,5H2,1-2H3,(H2,14,15,16,17). The van der Waals surface area contributed by atoms with Gasteiger partial charge in [0.25, 0.3) is 5.56 Å². The summed E-state index contributed by atoms with van der Waals surface area (Å²) in [6, 6.07) is 4.52. The van der Waals surface area contributed by atoms with Crippen molar-refractivity contribution in [1.82, 2.24) is 9.97 Å². The van der Waals surface area contributed by atoms with E-state index in [0.717, 1.165) is 6.42 Å². The normalized spacial score (nSPS) is 12.4. The summed E-state index contributed by atoms with van der Waals surface area (Å²) in [7, 11) is 0. The Kier molecular flexibility index (Phi) is 4.39. The molecule has 2 N–H and O–H groups in total. The number of thiophene rings is 1. The van der Waals surface area contributed by atoms with Gasteiger partial charge in [0.2, 0.25) is 0 Å². The molecule has 1 atom stereocenters. The molecule has 1 unspecified atom stereocenters. The monoisotopic (exact) mass is 375 g/mol. The molecule has 4 nitrogen and oxygen atoms in total. The number of hydrogen-bond acceptors (Lipinski definition) is 4. The molecule has 0 spiro atoms. The fourth-order valence-corrected chi connectivity index (χ4v) is 3.13. The molecule has 2 heterocycles. The lowest BCUT2D eigenvalue weighted by molar-refractivity contribution is 0.791. The maximum Gasteiger partial charge on any atom is 0.266 e. The van der Waals surface area contributed by atoms with E-state index in [1.165, 1.54) is 16.1 Å². The predicted octanol–water partition coefficient (Wildman–Crippen LogP) is 2.79. The minimum atomic E-state index is -0.104. The van der Waals surface area contributed by atoms with Crippen molar-refractivity contribution in [3.63, 3.8) is 0 Å². The molecule has 2 aromatic heterocycles. The lowest BCUT2D eigenvalue weighted by Gasteiger charge is -2.14. The molecule has 0 aliphatic rings. The Morgan fingerprint density at radius 3 is 3.00 bits per heavy atom. The average Bonchev–Trinajstić information content (AvgIpc) is 2.70. The first-order valence-corrected chi connectivity index (χ1v) is 7.51. The first-order chi connectivity index (χ1) is 8.56. The van der Waals surface area contributed by atoms with Gasteiger partial charge in [0.15, 0.2) is 0 Å². The van der Waals surface area contributed by atoms with Crippen molar-refractivity contribution < 1.29 is 0 Å². The Morgan fingerprint density at radius 1 is 1.56 bits per heavy atom. The van der Waals surface area contributed by atoms with Crippen molar-refractivity contribution in [3.05, 3.63) is 42.1 Å². The van der Waals surface area contributed by atoms with E-state index in [2.05, 4.69) is 41.3 Å². The lowest BCUT2D eigenvalue weighted by atomic mass is 10.2. The van der Waals surface area contributed by atoms with Crippen LogP contribution in [0.4, 0.5) is 5.82 Å². The van der Waals surface area contributed by atoms with Crippen molar-refractivity contribution in [2.45, 2.75) is 26.3 Å². The van der Waals surface area contributed by atoms with Crippen LogP contribution in [0.3, 0.4) is 0 Å². The molecule has 0 radical (unpaired) electrons. The van der Waals surface area contributed by atoms with Gasteiger partial charge in [-0.15, -0.1) is 11.3 Å². The average molecular weight is 375 g/mol. The molecular formula is C12H14IN3OS. The third-order valence-electron chi connectivity index (χ3n) is 2.48. The topological polar surface area (TPSA) is 57.8 Å². The van der Waals surface area contributed by atoms with Crippen LogP contribution in [-0.4, -0.2) is 16.0 Å². The van der Waals surface area contributed by atoms with Gasteiger partial charge >= 0.3 is 0 Å². The molecule has 18 heavy (non-hydrogen) atoms. The summed E-state index contributed by atoms with van der Waals surface area (Å²) in [5.41, 5.74) is -0.104. The second kappa shape index (κ2) is 5.83. The fraction of sp³-hybridized carbons (Fsp3) is 0.333. The molecular weight excluding hydrogens is 361 g/mol. The zero-order chi connectivity index (χ0) is 13.1. The zero-order valence-electron chi connectivity index (χ0n) is 10.2. The highest BCUT2D eigenvalue weighted by molar-refractivity contribution is 14.1.